The molecule has 0 amide bonds. The van der Waals surface area contributed by atoms with Crippen LogP contribution in [0.2, 0.25) is 0 Å². The van der Waals surface area contributed by atoms with E-state index in [0.29, 0.717) is 36.3 Å². The summed E-state index contributed by atoms with van der Waals surface area (Å²) in [6, 6.07) is 3.40. The van der Waals surface area contributed by atoms with Crippen LogP contribution in [0.15, 0.2) is 24.5 Å². The summed E-state index contributed by atoms with van der Waals surface area (Å²) in [7, 11) is 1.75. The van der Waals surface area contributed by atoms with E-state index in [2.05, 4.69) is 30.3 Å². The number of rotatable bonds is 11. The Kier molecular flexibility index (Phi) is 9.81. The summed E-state index contributed by atoms with van der Waals surface area (Å²) in [5.74, 6) is -1.53. The van der Waals surface area contributed by atoms with E-state index in [0.717, 1.165) is 5.69 Å². The highest BCUT2D eigenvalue weighted by Crippen LogP contribution is 2.31. The van der Waals surface area contributed by atoms with Crippen molar-refractivity contribution in [2.24, 2.45) is 0 Å². The van der Waals surface area contributed by atoms with Gasteiger partial charge >= 0.3 is 12.1 Å². The van der Waals surface area contributed by atoms with E-state index in [1.54, 1.807) is 43.4 Å². The molecule has 8 nitrogen and oxygen atoms in total. The molecule has 0 aliphatic heterocycles. The summed E-state index contributed by atoms with van der Waals surface area (Å²) >= 11 is 0. The SMILES string of the molecule is CC[C@H](F)CNc1ncc(-c2ccc(N(C)CCF)cn2)c(NC2CCC(OC(=O)C(F)(F)F)CC2)n1. The molecule has 1 atom stereocenters. The lowest BCUT2D eigenvalue weighted by molar-refractivity contribution is -0.206. The molecule has 1 aliphatic rings. The number of alkyl halides is 5. The predicted molar refractivity (Wildman–Crippen MR) is 130 cm³/mol. The second-order valence-electron chi connectivity index (χ2n) is 8.88. The van der Waals surface area contributed by atoms with E-state index in [9.17, 15) is 26.7 Å². The minimum atomic E-state index is -5.02. The number of carbonyl (C=O) groups excluding carboxylic acids is 1. The highest BCUT2D eigenvalue weighted by Gasteiger charge is 2.42. The monoisotopic (exact) mass is 530 g/mol. The van der Waals surface area contributed by atoms with Crippen LogP contribution in [0.4, 0.5) is 39.4 Å². The number of hydrogen-bond acceptors (Lipinski definition) is 8. The summed E-state index contributed by atoms with van der Waals surface area (Å²) in [5, 5.41) is 6.17. The van der Waals surface area contributed by atoms with Gasteiger partial charge in [0.15, 0.2) is 0 Å². The summed E-state index contributed by atoms with van der Waals surface area (Å²) < 4.78 is 68.5. The van der Waals surface area contributed by atoms with Crippen LogP contribution in [0.3, 0.4) is 0 Å². The van der Waals surface area contributed by atoms with E-state index in [1.807, 2.05) is 0 Å². The highest BCUT2D eigenvalue weighted by molar-refractivity contribution is 5.76. The number of nitrogens with one attached hydrogen (secondary N) is 2. The molecule has 0 unspecified atom stereocenters. The van der Waals surface area contributed by atoms with Crippen molar-refractivity contribution >= 4 is 23.4 Å². The molecule has 204 valence electrons. The van der Waals surface area contributed by atoms with E-state index >= 15 is 0 Å². The Balaban J connectivity index is 1.75. The first-order valence-corrected chi connectivity index (χ1v) is 12.1. The van der Waals surface area contributed by atoms with Gasteiger partial charge in [-0.2, -0.15) is 18.2 Å². The fourth-order valence-corrected chi connectivity index (χ4v) is 3.87. The average Bonchev–Trinajstić information content (AvgIpc) is 2.88. The zero-order valence-electron chi connectivity index (χ0n) is 20.7. The van der Waals surface area contributed by atoms with Gasteiger partial charge in [-0.15, -0.1) is 0 Å². The maximum absolute atomic E-state index is 13.7. The Bertz CT molecular complexity index is 1020. The number of ether oxygens (including phenoxy) is 1. The molecule has 13 heteroatoms. The Morgan fingerprint density at radius 1 is 1.19 bits per heavy atom. The van der Waals surface area contributed by atoms with E-state index in [-0.39, 0.29) is 37.9 Å². The number of aromatic nitrogens is 3. The van der Waals surface area contributed by atoms with Gasteiger partial charge in [0, 0.05) is 32.4 Å². The minimum Gasteiger partial charge on any atom is -0.456 e. The third-order valence-electron chi connectivity index (χ3n) is 6.12. The van der Waals surface area contributed by atoms with E-state index < -0.39 is 31.1 Å². The Hall–Kier alpha value is -3.25. The van der Waals surface area contributed by atoms with Gasteiger partial charge in [0.1, 0.15) is 24.8 Å². The molecule has 2 N–H and O–H groups in total. The average molecular weight is 531 g/mol. The molecular weight excluding hydrogens is 499 g/mol. The maximum Gasteiger partial charge on any atom is 0.490 e. The molecular formula is C24H31F5N6O2. The molecule has 3 rings (SSSR count). The molecule has 0 aromatic carbocycles. The van der Waals surface area contributed by atoms with Crippen LogP contribution in [0.5, 0.6) is 0 Å². The number of pyridine rings is 1. The lowest BCUT2D eigenvalue weighted by Gasteiger charge is -2.30. The van der Waals surface area contributed by atoms with Gasteiger partial charge in [-0.1, -0.05) is 6.92 Å². The lowest BCUT2D eigenvalue weighted by atomic mass is 9.92. The second-order valence-corrected chi connectivity index (χ2v) is 8.88. The molecule has 1 aliphatic carbocycles. The quantitative estimate of drug-likeness (QED) is 0.312. The van der Waals surface area contributed by atoms with Crippen molar-refractivity contribution in [2.45, 2.75) is 63.5 Å². The largest absolute Gasteiger partial charge is 0.490 e. The molecule has 1 saturated carbocycles. The molecule has 0 spiro atoms. The number of esters is 1. The van der Waals surface area contributed by atoms with Gasteiger partial charge in [0.05, 0.1) is 23.1 Å². The predicted octanol–water partition coefficient (Wildman–Crippen LogP) is 4.93. The molecule has 0 radical (unpaired) electrons. The third kappa shape index (κ3) is 8.12. The molecule has 2 aromatic rings. The number of anilines is 3. The first-order valence-electron chi connectivity index (χ1n) is 12.1. The van der Waals surface area contributed by atoms with Crippen LogP contribution in [0, 0.1) is 0 Å². The summed E-state index contributed by atoms with van der Waals surface area (Å²) in [4.78, 5) is 26.1. The number of hydrogen-bond donors (Lipinski definition) is 2. The van der Waals surface area contributed by atoms with Crippen molar-refractivity contribution in [3.05, 3.63) is 24.5 Å². The van der Waals surface area contributed by atoms with Crippen molar-refractivity contribution in [1.82, 2.24) is 15.0 Å². The number of halogens is 5. The van der Waals surface area contributed by atoms with Gasteiger partial charge in [-0.05, 0) is 44.2 Å². The molecule has 2 heterocycles. The van der Waals surface area contributed by atoms with Gasteiger partial charge in [-0.3, -0.25) is 4.98 Å². The van der Waals surface area contributed by atoms with Gasteiger partial charge in [0.2, 0.25) is 5.95 Å². The van der Waals surface area contributed by atoms with Gasteiger partial charge < -0.3 is 20.3 Å². The first-order chi connectivity index (χ1) is 17.6. The summed E-state index contributed by atoms with van der Waals surface area (Å²) in [5.41, 5.74) is 1.86. The molecule has 0 bridgehead atoms. The molecule has 2 aromatic heterocycles. The molecule has 37 heavy (non-hydrogen) atoms. The molecule has 0 saturated heterocycles. The van der Waals surface area contributed by atoms with Gasteiger partial charge in [-0.25, -0.2) is 18.6 Å². The lowest BCUT2D eigenvalue weighted by Crippen LogP contribution is -2.35. The maximum atomic E-state index is 13.7. The van der Waals surface area contributed by atoms with Crippen LogP contribution in [0.25, 0.3) is 11.3 Å². The van der Waals surface area contributed by atoms with E-state index in [4.69, 9.17) is 0 Å². The standard InChI is InChI=1S/C24H31F5N6O2/c1-3-15(26)12-31-23-32-14-19(20-9-6-17(13-30-20)35(2)11-10-25)21(34-23)33-16-4-7-18(8-5-16)37-22(36)24(27,28)29/h6,9,13-16,18H,3-5,7-8,10-12H2,1-2H3,(H2,31,32,33,34)/t15-,16?,18?/m0/s1. The van der Waals surface area contributed by atoms with Gasteiger partial charge in [0.25, 0.3) is 0 Å². The Morgan fingerprint density at radius 2 is 1.92 bits per heavy atom. The summed E-state index contributed by atoms with van der Waals surface area (Å²) in [6.07, 6.45) is -1.96. The van der Waals surface area contributed by atoms with Crippen LogP contribution in [-0.2, 0) is 9.53 Å². The van der Waals surface area contributed by atoms with E-state index in [1.165, 1.54) is 0 Å². The van der Waals surface area contributed by atoms with Crippen LogP contribution in [0.1, 0.15) is 39.0 Å². The third-order valence-corrected chi connectivity index (χ3v) is 6.12. The normalized spacial score (nSPS) is 18.7. The molecule has 1 fully saturated rings. The highest BCUT2D eigenvalue weighted by atomic mass is 19.4. The zero-order valence-corrected chi connectivity index (χ0v) is 20.7. The topological polar surface area (TPSA) is 92.3 Å². The van der Waals surface area contributed by atoms with Crippen molar-refractivity contribution in [3.63, 3.8) is 0 Å². The Morgan fingerprint density at radius 3 is 2.51 bits per heavy atom. The zero-order chi connectivity index (χ0) is 27.0. The van der Waals surface area contributed by atoms with Crippen LogP contribution >= 0.6 is 0 Å². The van der Waals surface area contributed by atoms with Crippen molar-refractivity contribution < 1.29 is 31.5 Å². The second kappa shape index (κ2) is 12.8. The summed E-state index contributed by atoms with van der Waals surface area (Å²) in [6.45, 7) is 1.50. The van der Waals surface area contributed by atoms with Crippen LogP contribution in [-0.4, -0.2) is 72.2 Å². The smallest absolute Gasteiger partial charge is 0.456 e. The fraction of sp³-hybridized carbons (Fsp3) is 0.583. The Labute approximate surface area is 212 Å². The number of carbonyl (C=O) groups is 1. The number of nitrogens with zero attached hydrogens (tertiary/aromatic N) is 4. The van der Waals surface area contributed by atoms with Crippen LogP contribution < -0.4 is 15.5 Å². The minimum absolute atomic E-state index is 0.0405. The van der Waals surface area contributed by atoms with Crippen molar-refractivity contribution in [1.29, 1.82) is 0 Å². The van der Waals surface area contributed by atoms with Crippen molar-refractivity contribution in [3.8, 4) is 11.3 Å². The van der Waals surface area contributed by atoms with Crippen molar-refractivity contribution in [2.75, 3.05) is 42.3 Å². The first kappa shape index (κ1) is 28.3. The fourth-order valence-electron chi connectivity index (χ4n) is 3.87.